The standard InChI is InChI=1S/C12H13BrN4O2S/c1-16-12(11(13)14-15-16)20(18,19)17-7-6-9-4-2-3-5-10(9)8-17/h2-5H,6-8H2,1H3. The Hall–Kier alpha value is -1.25. The molecule has 20 heavy (non-hydrogen) atoms. The lowest BCUT2D eigenvalue weighted by molar-refractivity contribution is 0.386. The molecule has 1 aromatic heterocycles. The topological polar surface area (TPSA) is 68.1 Å². The Morgan fingerprint density at radius 3 is 2.60 bits per heavy atom. The van der Waals surface area contributed by atoms with Gasteiger partial charge in [-0.1, -0.05) is 29.5 Å². The third-order valence-corrected chi connectivity index (χ3v) is 6.15. The van der Waals surface area contributed by atoms with Gasteiger partial charge >= 0.3 is 0 Å². The number of halogens is 1. The van der Waals surface area contributed by atoms with E-state index in [1.165, 1.54) is 14.6 Å². The maximum atomic E-state index is 12.7. The lowest BCUT2D eigenvalue weighted by Gasteiger charge is -2.27. The summed E-state index contributed by atoms with van der Waals surface area (Å²) in [6.45, 7) is 0.854. The smallest absolute Gasteiger partial charge is 0.235 e. The predicted molar refractivity (Wildman–Crippen MR) is 76.4 cm³/mol. The number of sulfonamides is 1. The van der Waals surface area contributed by atoms with Crippen molar-refractivity contribution in [3.05, 3.63) is 40.0 Å². The van der Waals surface area contributed by atoms with Crippen LogP contribution < -0.4 is 0 Å². The van der Waals surface area contributed by atoms with Crippen LogP contribution in [0.3, 0.4) is 0 Å². The van der Waals surface area contributed by atoms with Crippen LogP contribution in [-0.2, 0) is 30.0 Å². The summed E-state index contributed by atoms with van der Waals surface area (Å²) in [5.74, 6) is 0. The molecule has 0 radical (unpaired) electrons. The molecule has 0 atom stereocenters. The Morgan fingerprint density at radius 2 is 1.95 bits per heavy atom. The van der Waals surface area contributed by atoms with Crippen molar-refractivity contribution >= 4 is 26.0 Å². The van der Waals surface area contributed by atoms with Crippen molar-refractivity contribution < 1.29 is 8.42 Å². The minimum absolute atomic E-state index is 0.0943. The van der Waals surface area contributed by atoms with E-state index >= 15 is 0 Å². The van der Waals surface area contributed by atoms with Crippen LogP contribution in [0.15, 0.2) is 33.9 Å². The molecule has 0 aliphatic carbocycles. The van der Waals surface area contributed by atoms with E-state index in [1.807, 2.05) is 24.3 Å². The van der Waals surface area contributed by atoms with Gasteiger partial charge in [-0.3, -0.25) is 0 Å². The Balaban J connectivity index is 1.99. The average Bonchev–Trinajstić information content (AvgIpc) is 2.78. The van der Waals surface area contributed by atoms with E-state index in [4.69, 9.17) is 0 Å². The van der Waals surface area contributed by atoms with Crippen LogP contribution in [0.4, 0.5) is 0 Å². The first kappa shape index (κ1) is 13.7. The summed E-state index contributed by atoms with van der Waals surface area (Å²) in [7, 11) is -2.03. The number of benzene rings is 1. The highest BCUT2D eigenvalue weighted by Gasteiger charge is 2.33. The lowest BCUT2D eigenvalue weighted by atomic mass is 10.0. The van der Waals surface area contributed by atoms with Gasteiger partial charge in [0, 0.05) is 20.1 Å². The number of aryl methyl sites for hydroxylation is 1. The van der Waals surface area contributed by atoms with Gasteiger partial charge in [-0.2, -0.15) is 4.31 Å². The number of hydrogen-bond acceptors (Lipinski definition) is 4. The second kappa shape index (κ2) is 4.94. The molecule has 0 saturated carbocycles. The van der Waals surface area contributed by atoms with Crippen molar-refractivity contribution in [3.63, 3.8) is 0 Å². The minimum atomic E-state index is -3.60. The molecule has 3 rings (SSSR count). The highest BCUT2D eigenvalue weighted by atomic mass is 79.9. The largest absolute Gasteiger partial charge is 0.263 e. The highest BCUT2D eigenvalue weighted by Crippen LogP contribution is 2.27. The second-order valence-corrected chi connectivity index (χ2v) is 7.27. The van der Waals surface area contributed by atoms with Gasteiger partial charge in [0.25, 0.3) is 10.0 Å². The van der Waals surface area contributed by atoms with E-state index < -0.39 is 10.0 Å². The third kappa shape index (κ3) is 2.17. The maximum absolute atomic E-state index is 12.7. The average molecular weight is 357 g/mol. The molecule has 0 N–H and O–H groups in total. The van der Waals surface area contributed by atoms with Crippen LogP contribution in [0.5, 0.6) is 0 Å². The molecule has 1 aliphatic rings. The summed E-state index contributed by atoms with van der Waals surface area (Å²) in [6.07, 6.45) is 0.721. The third-order valence-electron chi connectivity index (χ3n) is 3.42. The van der Waals surface area contributed by atoms with Gasteiger partial charge in [-0.05, 0) is 33.5 Å². The van der Waals surface area contributed by atoms with Crippen molar-refractivity contribution in [3.8, 4) is 0 Å². The van der Waals surface area contributed by atoms with E-state index in [0.717, 1.165) is 12.0 Å². The summed E-state index contributed by atoms with van der Waals surface area (Å²) in [6, 6.07) is 7.91. The summed E-state index contributed by atoms with van der Waals surface area (Å²) in [5, 5.41) is 7.58. The zero-order chi connectivity index (χ0) is 14.3. The molecule has 0 unspecified atom stereocenters. The predicted octanol–water partition coefficient (Wildman–Crippen LogP) is 1.32. The van der Waals surface area contributed by atoms with Crippen molar-refractivity contribution in [2.24, 2.45) is 7.05 Å². The Kier molecular flexibility index (Phi) is 3.39. The van der Waals surface area contributed by atoms with E-state index in [9.17, 15) is 8.42 Å². The fourth-order valence-electron chi connectivity index (χ4n) is 2.39. The van der Waals surface area contributed by atoms with E-state index in [0.29, 0.717) is 13.1 Å². The number of aromatic nitrogens is 3. The van der Waals surface area contributed by atoms with Gasteiger partial charge in [-0.25, -0.2) is 13.1 Å². The zero-order valence-electron chi connectivity index (χ0n) is 10.8. The first-order chi connectivity index (χ1) is 9.50. The Labute approximate surface area is 125 Å². The molecule has 2 aromatic rings. The number of hydrogen-bond donors (Lipinski definition) is 0. The van der Waals surface area contributed by atoms with Crippen LogP contribution in [-0.4, -0.2) is 34.3 Å². The number of fused-ring (bicyclic) bond motifs is 1. The zero-order valence-corrected chi connectivity index (χ0v) is 13.2. The van der Waals surface area contributed by atoms with Gasteiger partial charge in [0.2, 0.25) is 5.03 Å². The molecular weight excluding hydrogens is 344 g/mol. The van der Waals surface area contributed by atoms with Gasteiger partial charge in [0.1, 0.15) is 0 Å². The maximum Gasteiger partial charge on any atom is 0.263 e. The second-order valence-electron chi connectivity index (χ2n) is 4.67. The fraction of sp³-hybridized carbons (Fsp3) is 0.333. The summed E-state index contributed by atoms with van der Waals surface area (Å²) in [5.41, 5.74) is 2.26. The minimum Gasteiger partial charge on any atom is -0.235 e. The summed E-state index contributed by atoms with van der Waals surface area (Å²) < 4.78 is 28.4. The van der Waals surface area contributed by atoms with Crippen LogP contribution in [0.1, 0.15) is 11.1 Å². The summed E-state index contributed by atoms with van der Waals surface area (Å²) >= 11 is 3.15. The van der Waals surface area contributed by atoms with Gasteiger partial charge in [0.15, 0.2) is 4.60 Å². The van der Waals surface area contributed by atoms with Crippen LogP contribution >= 0.6 is 15.9 Å². The van der Waals surface area contributed by atoms with E-state index in [-0.39, 0.29) is 9.63 Å². The summed E-state index contributed by atoms with van der Waals surface area (Å²) in [4.78, 5) is 0. The molecule has 0 amide bonds. The van der Waals surface area contributed by atoms with Gasteiger partial charge < -0.3 is 0 Å². The molecule has 0 spiro atoms. The van der Waals surface area contributed by atoms with Gasteiger partial charge in [0.05, 0.1) is 0 Å². The first-order valence-electron chi connectivity index (χ1n) is 6.12. The number of rotatable bonds is 2. The van der Waals surface area contributed by atoms with E-state index in [2.05, 4.69) is 26.2 Å². The SMILES string of the molecule is Cn1nnc(Br)c1S(=O)(=O)N1CCc2ccccc2C1. The fourth-order valence-corrected chi connectivity index (χ4v) is 4.84. The molecule has 0 fully saturated rings. The molecule has 2 heterocycles. The molecule has 0 saturated heterocycles. The van der Waals surface area contributed by atoms with Crippen molar-refractivity contribution in [2.45, 2.75) is 18.0 Å². The highest BCUT2D eigenvalue weighted by molar-refractivity contribution is 9.10. The Morgan fingerprint density at radius 1 is 1.25 bits per heavy atom. The van der Waals surface area contributed by atoms with Crippen molar-refractivity contribution in [1.82, 2.24) is 19.3 Å². The van der Waals surface area contributed by atoms with Crippen molar-refractivity contribution in [1.29, 1.82) is 0 Å². The van der Waals surface area contributed by atoms with Crippen LogP contribution in [0, 0.1) is 0 Å². The van der Waals surface area contributed by atoms with Gasteiger partial charge in [-0.15, -0.1) is 5.10 Å². The quantitative estimate of drug-likeness (QED) is 0.813. The Bertz CT molecular complexity index is 737. The van der Waals surface area contributed by atoms with E-state index in [1.54, 1.807) is 7.05 Å². The van der Waals surface area contributed by atoms with Crippen LogP contribution in [0.2, 0.25) is 0 Å². The molecule has 1 aliphatic heterocycles. The molecule has 8 heteroatoms. The monoisotopic (exact) mass is 356 g/mol. The van der Waals surface area contributed by atoms with Crippen molar-refractivity contribution in [2.75, 3.05) is 6.54 Å². The first-order valence-corrected chi connectivity index (χ1v) is 8.35. The molecule has 6 nitrogen and oxygen atoms in total. The number of nitrogens with zero attached hydrogens (tertiary/aromatic N) is 4. The molecular formula is C12H13BrN4O2S. The normalized spacial score (nSPS) is 16.1. The molecule has 106 valence electrons. The lowest BCUT2D eigenvalue weighted by Crippen LogP contribution is -2.37. The van der Waals surface area contributed by atoms with Crippen LogP contribution in [0.25, 0.3) is 0 Å². The molecule has 1 aromatic carbocycles. The molecule has 0 bridgehead atoms.